The summed E-state index contributed by atoms with van der Waals surface area (Å²) < 4.78 is 8.27. The van der Waals surface area contributed by atoms with E-state index in [0.717, 1.165) is 35.1 Å². The summed E-state index contributed by atoms with van der Waals surface area (Å²) in [7, 11) is 1.62. The van der Waals surface area contributed by atoms with Gasteiger partial charge in [-0.05, 0) is 58.1 Å². The predicted molar refractivity (Wildman–Crippen MR) is 146 cm³/mol. The van der Waals surface area contributed by atoms with Crippen LogP contribution in [-0.2, 0) is 23.3 Å². The van der Waals surface area contributed by atoms with E-state index in [1.54, 1.807) is 42.8 Å². The highest BCUT2D eigenvalue weighted by atomic mass is 32.1. The van der Waals surface area contributed by atoms with Crippen molar-refractivity contribution in [3.8, 4) is 10.8 Å². The Bertz CT molecular complexity index is 1590. The van der Waals surface area contributed by atoms with E-state index in [1.165, 1.54) is 16.1 Å². The number of nitrogens with zero attached hydrogens (tertiary/aromatic N) is 6. The van der Waals surface area contributed by atoms with Gasteiger partial charge in [-0.25, -0.2) is 9.36 Å². The molecule has 0 aliphatic carbocycles. The number of para-hydroxylation sites is 1. The maximum atomic E-state index is 14.1. The van der Waals surface area contributed by atoms with Crippen LogP contribution in [0.25, 0.3) is 15.2 Å². The van der Waals surface area contributed by atoms with E-state index in [9.17, 15) is 14.4 Å². The van der Waals surface area contributed by atoms with Crippen LogP contribution in [0.2, 0.25) is 0 Å². The number of aromatic nitrogens is 5. The fraction of sp³-hybridized carbons (Fsp3) is 0.444. The molecule has 1 fully saturated rings. The Morgan fingerprint density at radius 3 is 2.45 bits per heavy atom. The van der Waals surface area contributed by atoms with Crippen molar-refractivity contribution in [2.45, 2.75) is 58.5 Å². The molecule has 200 valence electrons. The van der Waals surface area contributed by atoms with Gasteiger partial charge in [0.2, 0.25) is 5.91 Å². The normalized spacial score (nSPS) is 14.3. The number of hydrogen-bond donors (Lipinski definition) is 0. The lowest BCUT2D eigenvalue weighted by atomic mass is 10.00. The molecule has 4 heterocycles. The number of ether oxygens (including phenoxy) is 1. The zero-order valence-electron chi connectivity index (χ0n) is 22.1. The van der Waals surface area contributed by atoms with E-state index < -0.39 is 16.8 Å². The van der Waals surface area contributed by atoms with Gasteiger partial charge in [0.15, 0.2) is 0 Å². The summed E-state index contributed by atoms with van der Waals surface area (Å²) >= 11 is 1.30. The summed E-state index contributed by atoms with van der Waals surface area (Å²) in [5, 5.41) is 9.55. The van der Waals surface area contributed by atoms with E-state index in [1.807, 2.05) is 31.2 Å². The second-order valence-corrected chi connectivity index (χ2v) is 11.1. The van der Waals surface area contributed by atoms with Crippen molar-refractivity contribution >= 4 is 27.5 Å². The van der Waals surface area contributed by atoms with E-state index in [2.05, 4.69) is 10.2 Å². The molecule has 4 aromatic rings. The van der Waals surface area contributed by atoms with Crippen LogP contribution in [-0.4, -0.2) is 55.1 Å². The predicted octanol–water partition coefficient (Wildman–Crippen LogP) is 3.11. The van der Waals surface area contributed by atoms with Gasteiger partial charge in [-0.15, -0.1) is 4.80 Å². The molecule has 0 atom stereocenters. The van der Waals surface area contributed by atoms with Crippen molar-refractivity contribution in [1.29, 1.82) is 0 Å². The van der Waals surface area contributed by atoms with Crippen LogP contribution in [0.15, 0.2) is 46.2 Å². The number of likely N-dealkylation sites (tertiary alicyclic amines) is 1. The van der Waals surface area contributed by atoms with E-state index in [4.69, 9.17) is 4.74 Å². The van der Waals surface area contributed by atoms with Gasteiger partial charge in [0, 0.05) is 25.2 Å². The average molecular weight is 537 g/mol. The van der Waals surface area contributed by atoms with Crippen LogP contribution >= 0.6 is 11.3 Å². The number of methoxy groups -OCH3 is 1. The first-order chi connectivity index (χ1) is 18.3. The third kappa shape index (κ3) is 4.34. The minimum absolute atomic E-state index is 0.214. The largest absolute Gasteiger partial charge is 0.496 e. The van der Waals surface area contributed by atoms with E-state index in [0.29, 0.717) is 46.8 Å². The van der Waals surface area contributed by atoms with Crippen molar-refractivity contribution in [2.24, 2.45) is 0 Å². The number of amides is 1. The van der Waals surface area contributed by atoms with Gasteiger partial charge in [0.05, 0.1) is 24.9 Å². The van der Waals surface area contributed by atoms with Gasteiger partial charge in [0.1, 0.15) is 21.1 Å². The number of aryl methyl sites for hydroxylation is 3. The summed E-state index contributed by atoms with van der Waals surface area (Å²) in [6.07, 6.45) is 6.55. The summed E-state index contributed by atoms with van der Waals surface area (Å²) in [4.78, 5) is 45.6. The number of thiophene rings is 1. The van der Waals surface area contributed by atoms with Gasteiger partial charge < -0.3 is 9.64 Å². The van der Waals surface area contributed by atoms with Gasteiger partial charge >= 0.3 is 5.69 Å². The first-order valence-electron chi connectivity index (χ1n) is 12.8. The van der Waals surface area contributed by atoms with Gasteiger partial charge in [-0.3, -0.25) is 14.2 Å². The molecule has 0 N–H and O–H groups in total. The Labute approximate surface area is 224 Å². The molecule has 3 aromatic heterocycles. The third-order valence-electron chi connectivity index (χ3n) is 7.31. The van der Waals surface area contributed by atoms with Crippen LogP contribution < -0.4 is 16.0 Å². The van der Waals surface area contributed by atoms with Crippen LogP contribution in [0.5, 0.6) is 5.75 Å². The topological polar surface area (TPSA) is 104 Å². The molecule has 10 nitrogen and oxygen atoms in total. The SMILES string of the molecule is COc1ccccc1CCn1c(=O)n(C(C)(C)C(=O)N2CCCCC2)c(=O)c2c(C)c(-n3nccn3)sc21. The van der Waals surface area contributed by atoms with E-state index in [-0.39, 0.29) is 5.91 Å². The summed E-state index contributed by atoms with van der Waals surface area (Å²) in [5.74, 6) is 0.517. The Kier molecular flexibility index (Phi) is 6.95. The molecule has 0 bridgehead atoms. The van der Waals surface area contributed by atoms with Crippen molar-refractivity contribution in [3.63, 3.8) is 0 Å². The molecule has 0 unspecified atom stereocenters. The zero-order valence-corrected chi connectivity index (χ0v) is 23.0. The van der Waals surface area contributed by atoms with Gasteiger partial charge in [0.25, 0.3) is 5.56 Å². The second kappa shape index (κ2) is 10.2. The zero-order chi connectivity index (χ0) is 27.0. The second-order valence-electron chi connectivity index (χ2n) is 10.1. The maximum absolute atomic E-state index is 14.1. The molecular weight excluding hydrogens is 504 g/mol. The third-order valence-corrected chi connectivity index (χ3v) is 8.59. The smallest absolute Gasteiger partial charge is 0.333 e. The lowest BCUT2D eigenvalue weighted by Crippen LogP contribution is -2.57. The quantitative estimate of drug-likeness (QED) is 0.360. The Balaban J connectivity index is 1.70. The van der Waals surface area contributed by atoms with Crippen LogP contribution in [0.3, 0.4) is 0 Å². The highest BCUT2D eigenvalue weighted by Crippen LogP contribution is 2.31. The fourth-order valence-electron chi connectivity index (χ4n) is 5.26. The number of hydrogen-bond acceptors (Lipinski definition) is 7. The highest BCUT2D eigenvalue weighted by Gasteiger charge is 2.38. The van der Waals surface area contributed by atoms with Crippen LogP contribution in [0, 0.1) is 6.92 Å². The number of fused-ring (bicyclic) bond motifs is 1. The molecule has 1 saturated heterocycles. The molecule has 38 heavy (non-hydrogen) atoms. The Morgan fingerprint density at radius 1 is 1.08 bits per heavy atom. The number of carbonyl (C=O) groups is 1. The fourth-order valence-corrected chi connectivity index (χ4v) is 6.49. The molecule has 0 radical (unpaired) electrons. The minimum Gasteiger partial charge on any atom is -0.496 e. The minimum atomic E-state index is -1.36. The number of carbonyl (C=O) groups excluding carboxylic acids is 1. The monoisotopic (exact) mass is 536 g/mol. The molecule has 5 rings (SSSR count). The Hall–Kier alpha value is -3.73. The van der Waals surface area contributed by atoms with Crippen LogP contribution in [0.4, 0.5) is 0 Å². The maximum Gasteiger partial charge on any atom is 0.333 e. The van der Waals surface area contributed by atoms with Gasteiger partial charge in [-0.2, -0.15) is 10.2 Å². The van der Waals surface area contributed by atoms with Crippen LogP contribution in [0.1, 0.15) is 44.2 Å². The highest BCUT2D eigenvalue weighted by molar-refractivity contribution is 7.21. The van der Waals surface area contributed by atoms with Gasteiger partial charge in [-0.1, -0.05) is 29.5 Å². The average Bonchev–Trinajstić information content (AvgIpc) is 3.57. The van der Waals surface area contributed by atoms with E-state index >= 15 is 0 Å². The molecule has 0 spiro atoms. The molecule has 1 aliphatic heterocycles. The lowest BCUT2D eigenvalue weighted by molar-refractivity contribution is -0.140. The molecule has 1 aromatic carbocycles. The summed E-state index contributed by atoms with van der Waals surface area (Å²) in [6.45, 7) is 6.73. The number of benzene rings is 1. The van der Waals surface area contributed by atoms with Crippen molar-refractivity contribution in [3.05, 3.63) is 68.6 Å². The standard InChI is InChI=1S/C27H32N6O4S/c1-18-21-22(34)32(27(2,3)25(35)30-15-8-5-9-16-30)26(36)31(17-12-19-10-6-7-11-20(19)37-4)24(21)38-23(18)33-28-13-14-29-33/h6-7,10-11,13-14H,5,8-9,12,15-17H2,1-4H3. The molecule has 11 heteroatoms. The van der Waals surface area contributed by atoms with Crippen molar-refractivity contribution < 1.29 is 9.53 Å². The summed E-state index contributed by atoms with van der Waals surface area (Å²) in [5.41, 5.74) is -0.717. The first kappa shape index (κ1) is 25.9. The molecular formula is C27H32N6O4S. The van der Waals surface area contributed by atoms with Crippen molar-refractivity contribution in [2.75, 3.05) is 20.2 Å². The number of piperidine rings is 1. The molecule has 0 saturated carbocycles. The van der Waals surface area contributed by atoms with Crippen molar-refractivity contribution in [1.82, 2.24) is 29.0 Å². The first-order valence-corrected chi connectivity index (χ1v) is 13.6. The summed E-state index contributed by atoms with van der Waals surface area (Å²) in [6, 6.07) is 7.66. The molecule has 1 aliphatic rings. The number of rotatable bonds is 7. The lowest BCUT2D eigenvalue weighted by Gasteiger charge is -2.35. The Morgan fingerprint density at radius 2 is 1.76 bits per heavy atom. The molecule has 1 amide bonds.